The van der Waals surface area contributed by atoms with Crippen molar-refractivity contribution in [3.05, 3.63) is 47.0 Å². The Morgan fingerprint density at radius 2 is 2.00 bits per heavy atom. The quantitative estimate of drug-likeness (QED) is 0.659. The van der Waals surface area contributed by atoms with Crippen molar-refractivity contribution in [3.8, 4) is 0 Å². The van der Waals surface area contributed by atoms with Crippen LogP contribution in [0.1, 0.15) is 18.4 Å². The van der Waals surface area contributed by atoms with E-state index in [1.807, 2.05) is 12.1 Å². The maximum Gasteiger partial charge on any atom is 0.211 e. The van der Waals surface area contributed by atoms with Gasteiger partial charge in [0.2, 0.25) is 5.96 Å². The number of aliphatic imine (C=N–C) groups is 1. The lowest BCUT2D eigenvalue weighted by Crippen LogP contribution is -2.53. The van der Waals surface area contributed by atoms with Gasteiger partial charge in [0.1, 0.15) is 0 Å². The Balaban J connectivity index is 1.42. The first-order valence-electron chi connectivity index (χ1n) is 9.93. The van der Waals surface area contributed by atoms with Gasteiger partial charge >= 0.3 is 0 Å². The van der Waals surface area contributed by atoms with Gasteiger partial charge in [0.05, 0.1) is 13.2 Å². The molecule has 0 aliphatic carbocycles. The van der Waals surface area contributed by atoms with Crippen molar-refractivity contribution in [2.24, 2.45) is 10.7 Å². The van der Waals surface area contributed by atoms with Crippen LogP contribution in [0, 0.1) is 0 Å². The maximum absolute atomic E-state index is 6.05. The van der Waals surface area contributed by atoms with Crippen LogP contribution in [-0.4, -0.2) is 67.0 Å². The van der Waals surface area contributed by atoms with E-state index in [0.717, 1.165) is 62.1 Å². The average molecular weight is 405 g/mol. The van der Waals surface area contributed by atoms with Gasteiger partial charge in [0.15, 0.2) is 6.29 Å². The van der Waals surface area contributed by atoms with E-state index in [1.54, 1.807) is 0 Å². The maximum atomic E-state index is 6.05. The van der Waals surface area contributed by atoms with E-state index in [1.165, 1.54) is 5.56 Å². The number of nitrogens with one attached hydrogen (secondary N) is 2. The van der Waals surface area contributed by atoms with Crippen LogP contribution in [0.5, 0.6) is 0 Å². The highest BCUT2D eigenvalue weighted by Gasteiger charge is 2.33. The Kier molecular flexibility index (Phi) is 6.18. The monoisotopic (exact) mass is 404 g/mol. The highest BCUT2D eigenvalue weighted by Crippen LogP contribution is 2.25. The molecule has 2 saturated heterocycles. The predicted octanol–water partition coefficient (Wildman–Crippen LogP) is 1.31. The summed E-state index contributed by atoms with van der Waals surface area (Å²) in [5.74, 6) is 0.854. The molecule has 1 aromatic carbocycles. The fraction of sp³-hybridized carbons (Fsp3) is 0.550. The number of piperidine rings is 1. The second-order valence-corrected chi connectivity index (χ2v) is 8.24. The normalized spacial score (nSPS) is 27.4. The van der Waals surface area contributed by atoms with Gasteiger partial charge in [0, 0.05) is 36.7 Å². The van der Waals surface area contributed by atoms with Crippen molar-refractivity contribution in [2.45, 2.75) is 37.6 Å². The minimum Gasteiger partial charge on any atom is -0.375 e. The molecule has 3 heterocycles. The van der Waals surface area contributed by atoms with Crippen molar-refractivity contribution in [1.82, 2.24) is 20.7 Å². The highest BCUT2D eigenvalue weighted by molar-refractivity contribution is 6.30. The molecule has 4 rings (SSSR count). The molecule has 8 heteroatoms. The summed E-state index contributed by atoms with van der Waals surface area (Å²) in [4.78, 5) is 9.27. The Bertz CT molecular complexity index is 716. The number of rotatable bonds is 3. The lowest BCUT2D eigenvalue weighted by Gasteiger charge is -2.42. The van der Waals surface area contributed by atoms with E-state index < -0.39 is 0 Å². The summed E-state index contributed by atoms with van der Waals surface area (Å²) in [5, 5.41) is 0.774. The Morgan fingerprint density at radius 1 is 1.25 bits per heavy atom. The number of guanidine groups is 1. The minimum absolute atomic E-state index is 0.342. The fourth-order valence-corrected chi connectivity index (χ4v) is 4.39. The molecule has 0 saturated carbocycles. The summed E-state index contributed by atoms with van der Waals surface area (Å²) in [6, 6.07) is 9.00. The summed E-state index contributed by atoms with van der Waals surface area (Å²) in [6.07, 6.45) is 2.76. The molecule has 0 aromatic heterocycles. The highest BCUT2D eigenvalue weighted by atomic mass is 35.5. The zero-order valence-electron chi connectivity index (χ0n) is 16.1. The molecule has 2 fully saturated rings. The summed E-state index contributed by atoms with van der Waals surface area (Å²) in [7, 11) is 0. The van der Waals surface area contributed by atoms with E-state index in [0.29, 0.717) is 18.7 Å². The van der Waals surface area contributed by atoms with Crippen LogP contribution in [0.3, 0.4) is 0 Å². The van der Waals surface area contributed by atoms with Gasteiger partial charge in [-0.15, -0.1) is 0 Å². The Labute approximate surface area is 171 Å². The number of likely N-dealkylation sites (tertiary alicyclic amines) is 1. The van der Waals surface area contributed by atoms with E-state index >= 15 is 0 Å². The van der Waals surface area contributed by atoms with E-state index in [9.17, 15) is 0 Å². The molecular weight excluding hydrogens is 376 g/mol. The zero-order chi connectivity index (χ0) is 19.5. The molecule has 0 bridgehead atoms. The standard InChI is InChI=1S/C20H29ClN6O/c1-14-11-27(17-6-8-26(9-7-17)20-23-19(22)24-25-20)18(13-28-12-14)10-15-2-4-16(21)5-3-15/h2-5,17-19,24H,1,6-13,22H2,(H,23,25). The van der Waals surface area contributed by atoms with Crippen molar-refractivity contribution in [2.75, 3.05) is 32.8 Å². The summed E-state index contributed by atoms with van der Waals surface area (Å²) in [5.41, 5.74) is 14.2. The van der Waals surface area contributed by atoms with E-state index in [2.05, 4.69) is 44.4 Å². The number of halogens is 1. The molecule has 0 radical (unpaired) electrons. The smallest absolute Gasteiger partial charge is 0.211 e. The minimum atomic E-state index is -0.359. The average Bonchev–Trinajstić information content (AvgIpc) is 3.05. The van der Waals surface area contributed by atoms with Gasteiger partial charge in [-0.05, 0) is 42.5 Å². The number of ether oxygens (including phenoxy) is 1. The first-order chi connectivity index (χ1) is 13.6. The van der Waals surface area contributed by atoms with Crippen molar-refractivity contribution < 1.29 is 4.74 Å². The van der Waals surface area contributed by atoms with Crippen LogP contribution in [0.25, 0.3) is 0 Å². The third-order valence-corrected chi connectivity index (χ3v) is 5.95. The lowest BCUT2D eigenvalue weighted by molar-refractivity contribution is 0.0602. The van der Waals surface area contributed by atoms with Crippen molar-refractivity contribution in [3.63, 3.8) is 0 Å². The molecule has 3 aliphatic rings. The lowest BCUT2D eigenvalue weighted by atomic mass is 9.97. The molecule has 0 amide bonds. The number of nitrogens with zero attached hydrogens (tertiary/aromatic N) is 3. The SMILES string of the molecule is C=C1COCC(Cc2ccc(Cl)cc2)N(C2CCN(C3=NC(N)NN3)CC2)C1. The summed E-state index contributed by atoms with van der Waals surface area (Å²) >= 11 is 6.05. The largest absolute Gasteiger partial charge is 0.375 e. The molecule has 2 unspecified atom stereocenters. The van der Waals surface area contributed by atoms with Gasteiger partial charge in [-0.2, -0.15) is 5.43 Å². The Morgan fingerprint density at radius 3 is 2.68 bits per heavy atom. The number of benzene rings is 1. The number of hydrazine groups is 1. The predicted molar refractivity (Wildman–Crippen MR) is 112 cm³/mol. The number of hydrogen-bond acceptors (Lipinski definition) is 7. The molecule has 152 valence electrons. The van der Waals surface area contributed by atoms with Crippen LogP contribution in [0.4, 0.5) is 0 Å². The van der Waals surface area contributed by atoms with Gasteiger partial charge in [-0.1, -0.05) is 30.3 Å². The van der Waals surface area contributed by atoms with Crippen LogP contribution >= 0.6 is 11.6 Å². The van der Waals surface area contributed by atoms with Crippen LogP contribution in [0.15, 0.2) is 41.4 Å². The summed E-state index contributed by atoms with van der Waals surface area (Å²) in [6.45, 7) is 8.41. The third-order valence-electron chi connectivity index (χ3n) is 5.70. The third kappa shape index (κ3) is 4.67. The molecule has 2 atom stereocenters. The van der Waals surface area contributed by atoms with Gasteiger partial charge < -0.3 is 9.64 Å². The molecule has 4 N–H and O–H groups in total. The fourth-order valence-electron chi connectivity index (χ4n) is 4.27. The second kappa shape index (κ2) is 8.80. The molecule has 3 aliphatic heterocycles. The molecule has 28 heavy (non-hydrogen) atoms. The molecular formula is C20H29ClN6O. The molecule has 1 aromatic rings. The molecule has 7 nitrogen and oxygen atoms in total. The van der Waals surface area contributed by atoms with Crippen LogP contribution in [-0.2, 0) is 11.2 Å². The van der Waals surface area contributed by atoms with E-state index in [4.69, 9.17) is 22.1 Å². The van der Waals surface area contributed by atoms with Gasteiger partial charge in [0.25, 0.3) is 0 Å². The van der Waals surface area contributed by atoms with Crippen molar-refractivity contribution >= 4 is 17.6 Å². The number of nitrogens with two attached hydrogens (primary N) is 1. The van der Waals surface area contributed by atoms with Crippen LogP contribution in [0.2, 0.25) is 5.02 Å². The topological polar surface area (TPSA) is 78.2 Å². The zero-order valence-corrected chi connectivity index (χ0v) is 16.9. The van der Waals surface area contributed by atoms with Gasteiger partial charge in [-0.3, -0.25) is 16.1 Å². The second-order valence-electron chi connectivity index (χ2n) is 7.81. The first-order valence-corrected chi connectivity index (χ1v) is 10.3. The number of hydrogen-bond donors (Lipinski definition) is 3. The summed E-state index contributed by atoms with van der Waals surface area (Å²) < 4.78 is 5.92. The molecule has 0 spiro atoms. The van der Waals surface area contributed by atoms with E-state index in [-0.39, 0.29) is 6.29 Å². The van der Waals surface area contributed by atoms with Gasteiger partial charge in [-0.25, -0.2) is 4.99 Å². The van der Waals surface area contributed by atoms with Crippen molar-refractivity contribution in [1.29, 1.82) is 0 Å². The van der Waals surface area contributed by atoms with Crippen LogP contribution < -0.4 is 16.6 Å². The Hall–Kier alpha value is -1.64. The first kappa shape index (κ1) is 19.7.